The molecule has 0 aromatic heterocycles. The number of hydrogen-bond donors (Lipinski definition) is 1. The van der Waals surface area contributed by atoms with Crippen LogP contribution in [0, 0.1) is 5.41 Å². The van der Waals surface area contributed by atoms with Crippen molar-refractivity contribution in [3.63, 3.8) is 0 Å². The van der Waals surface area contributed by atoms with E-state index in [0.717, 1.165) is 25.2 Å². The third-order valence-electron chi connectivity index (χ3n) is 2.15. The van der Waals surface area contributed by atoms with Crippen LogP contribution in [0.2, 0.25) is 0 Å². The van der Waals surface area contributed by atoms with E-state index in [2.05, 4.69) is 25.7 Å². The summed E-state index contributed by atoms with van der Waals surface area (Å²) >= 11 is 0. The van der Waals surface area contributed by atoms with Crippen LogP contribution in [0.15, 0.2) is 0 Å². The first-order chi connectivity index (χ1) is 5.17. The third kappa shape index (κ3) is 2.91. The van der Waals surface area contributed by atoms with Crippen molar-refractivity contribution < 1.29 is 0 Å². The van der Waals surface area contributed by atoms with Crippen LogP contribution < -0.4 is 0 Å². The lowest BCUT2D eigenvalue weighted by atomic mass is 10.2. The molecule has 0 saturated carbocycles. The molecule has 0 aliphatic carbocycles. The first-order valence-electron chi connectivity index (χ1n) is 4.51. The summed E-state index contributed by atoms with van der Waals surface area (Å²) in [6.07, 6.45) is 1.97. The minimum absolute atomic E-state index is 0.521. The fraction of sp³-hybridized carbons (Fsp3) is 0.889. The van der Waals surface area contributed by atoms with Crippen LogP contribution in [-0.4, -0.2) is 23.3 Å². The molecule has 0 fully saturated rings. The fourth-order valence-corrected chi connectivity index (χ4v) is 1.19. The van der Waals surface area contributed by atoms with Crippen LogP contribution in [0.4, 0.5) is 0 Å². The van der Waals surface area contributed by atoms with Crippen molar-refractivity contribution in [2.45, 2.75) is 46.6 Å². The van der Waals surface area contributed by atoms with E-state index < -0.39 is 0 Å². The molecule has 66 valence electrons. The molecule has 0 radical (unpaired) electrons. The summed E-state index contributed by atoms with van der Waals surface area (Å²) in [6, 6.07) is 0.521. The van der Waals surface area contributed by atoms with Gasteiger partial charge in [0.15, 0.2) is 0 Å². The number of amidine groups is 1. The minimum Gasteiger partial charge on any atom is -0.358 e. The number of nitrogens with one attached hydrogen (secondary N) is 1. The average Bonchev–Trinajstić information content (AvgIpc) is 2.05. The van der Waals surface area contributed by atoms with Crippen molar-refractivity contribution in [3.05, 3.63) is 0 Å². The van der Waals surface area contributed by atoms with Gasteiger partial charge in [0.1, 0.15) is 0 Å². The van der Waals surface area contributed by atoms with Gasteiger partial charge in [-0.2, -0.15) is 0 Å². The lowest BCUT2D eigenvalue weighted by molar-refractivity contribution is 0.329. The number of nitrogens with zero attached hydrogens (tertiary/aromatic N) is 1. The van der Waals surface area contributed by atoms with Crippen molar-refractivity contribution in [2.24, 2.45) is 0 Å². The van der Waals surface area contributed by atoms with E-state index in [1.807, 2.05) is 6.92 Å². The number of hydrogen-bond acceptors (Lipinski definition) is 1. The highest BCUT2D eigenvalue weighted by Crippen LogP contribution is 2.04. The molecule has 0 amide bonds. The Morgan fingerprint density at radius 1 is 1.36 bits per heavy atom. The van der Waals surface area contributed by atoms with Crippen molar-refractivity contribution >= 4 is 5.84 Å². The topological polar surface area (TPSA) is 27.1 Å². The highest BCUT2D eigenvalue weighted by Gasteiger charge is 2.10. The van der Waals surface area contributed by atoms with Crippen LogP contribution in [0.5, 0.6) is 0 Å². The summed E-state index contributed by atoms with van der Waals surface area (Å²) in [5, 5.41) is 7.65. The van der Waals surface area contributed by atoms with Gasteiger partial charge in [-0.1, -0.05) is 13.8 Å². The van der Waals surface area contributed by atoms with Crippen LogP contribution in [0.3, 0.4) is 0 Å². The maximum Gasteiger partial charge on any atom is 0.0957 e. The molecule has 1 atom stereocenters. The standard InChI is InChI=1S/C9H20N2/c1-5-8(4)11(7-3)9(10)6-2/h8,10H,5-7H2,1-4H3. The summed E-state index contributed by atoms with van der Waals surface area (Å²) < 4.78 is 0. The van der Waals surface area contributed by atoms with Crippen LogP contribution in [0.1, 0.15) is 40.5 Å². The normalized spacial score (nSPS) is 12.7. The van der Waals surface area contributed by atoms with Crippen LogP contribution in [-0.2, 0) is 0 Å². The van der Waals surface area contributed by atoms with Gasteiger partial charge in [0.25, 0.3) is 0 Å². The Kier molecular flexibility index (Phi) is 4.92. The Morgan fingerprint density at radius 3 is 2.18 bits per heavy atom. The molecule has 2 nitrogen and oxygen atoms in total. The van der Waals surface area contributed by atoms with Crippen LogP contribution in [0.25, 0.3) is 0 Å². The van der Waals surface area contributed by atoms with Crippen molar-refractivity contribution in [2.75, 3.05) is 6.54 Å². The molecule has 0 bridgehead atoms. The molecular weight excluding hydrogens is 136 g/mol. The largest absolute Gasteiger partial charge is 0.358 e. The maximum atomic E-state index is 7.65. The van der Waals surface area contributed by atoms with E-state index in [1.165, 1.54) is 0 Å². The maximum absolute atomic E-state index is 7.65. The lowest BCUT2D eigenvalue weighted by Gasteiger charge is -2.29. The molecule has 0 aromatic rings. The van der Waals surface area contributed by atoms with Crippen LogP contribution >= 0.6 is 0 Å². The molecule has 0 spiro atoms. The van der Waals surface area contributed by atoms with Gasteiger partial charge in [-0.25, -0.2) is 0 Å². The smallest absolute Gasteiger partial charge is 0.0957 e. The molecule has 1 unspecified atom stereocenters. The summed E-state index contributed by atoms with van der Waals surface area (Å²) in [7, 11) is 0. The lowest BCUT2D eigenvalue weighted by Crippen LogP contribution is -2.37. The Morgan fingerprint density at radius 2 is 1.91 bits per heavy atom. The predicted molar refractivity (Wildman–Crippen MR) is 50.2 cm³/mol. The molecule has 0 rings (SSSR count). The highest BCUT2D eigenvalue weighted by atomic mass is 15.2. The van der Waals surface area contributed by atoms with E-state index in [4.69, 9.17) is 5.41 Å². The number of rotatable bonds is 4. The monoisotopic (exact) mass is 156 g/mol. The van der Waals surface area contributed by atoms with Gasteiger partial charge < -0.3 is 4.90 Å². The van der Waals surface area contributed by atoms with Gasteiger partial charge in [0, 0.05) is 19.0 Å². The van der Waals surface area contributed by atoms with Gasteiger partial charge in [-0.15, -0.1) is 0 Å². The molecule has 11 heavy (non-hydrogen) atoms. The SMILES string of the molecule is CCC(=N)N(CC)C(C)CC. The second-order valence-electron chi connectivity index (χ2n) is 2.84. The summed E-state index contributed by atoms with van der Waals surface area (Å²) in [6.45, 7) is 9.44. The quantitative estimate of drug-likeness (QED) is 0.491. The van der Waals surface area contributed by atoms with Gasteiger partial charge in [0.05, 0.1) is 5.84 Å². The first-order valence-corrected chi connectivity index (χ1v) is 4.51. The Balaban J connectivity index is 4.03. The van der Waals surface area contributed by atoms with Gasteiger partial charge >= 0.3 is 0 Å². The molecule has 0 aliphatic rings. The molecular formula is C9H20N2. The van der Waals surface area contributed by atoms with E-state index in [0.29, 0.717) is 6.04 Å². The Bertz CT molecular complexity index is 121. The molecule has 0 aliphatic heterocycles. The van der Waals surface area contributed by atoms with E-state index >= 15 is 0 Å². The predicted octanol–water partition coefficient (Wildman–Crippen LogP) is 2.49. The van der Waals surface area contributed by atoms with E-state index in [1.54, 1.807) is 0 Å². The molecule has 0 heterocycles. The molecule has 0 saturated heterocycles. The highest BCUT2D eigenvalue weighted by molar-refractivity contribution is 5.79. The average molecular weight is 156 g/mol. The second kappa shape index (κ2) is 5.16. The first kappa shape index (κ1) is 10.5. The fourth-order valence-electron chi connectivity index (χ4n) is 1.19. The summed E-state index contributed by atoms with van der Waals surface area (Å²) in [5.41, 5.74) is 0. The van der Waals surface area contributed by atoms with Gasteiger partial charge in [-0.3, -0.25) is 5.41 Å². The molecule has 1 N–H and O–H groups in total. The van der Waals surface area contributed by atoms with Gasteiger partial charge in [-0.05, 0) is 20.3 Å². The van der Waals surface area contributed by atoms with Gasteiger partial charge in [0.2, 0.25) is 0 Å². The second-order valence-corrected chi connectivity index (χ2v) is 2.84. The minimum atomic E-state index is 0.521. The Hall–Kier alpha value is -0.530. The molecule has 0 aromatic carbocycles. The summed E-state index contributed by atoms with van der Waals surface area (Å²) in [5.74, 6) is 0.766. The zero-order valence-corrected chi connectivity index (χ0v) is 8.15. The van der Waals surface area contributed by atoms with E-state index in [9.17, 15) is 0 Å². The molecule has 2 heteroatoms. The zero-order chi connectivity index (χ0) is 8.85. The zero-order valence-electron chi connectivity index (χ0n) is 8.15. The van der Waals surface area contributed by atoms with E-state index in [-0.39, 0.29) is 0 Å². The third-order valence-corrected chi connectivity index (χ3v) is 2.15. The van der Waals surface area contributed by atoms with Crippen molar-refractivity contribution in [1.29, 1.82) is 5.41 Å². The van der Waals surface area contributed by atoms with Crippen molar-refractivity contribution in [3.8, 4) is 0 Å². The Labute approximate surface area is 70.1 Å². The summed E-state index contributed by atoms with van der Waals surface area (Å²) in [4.78, 5) is 2.15. The van der Waals surface area contributed by atoms with Crippen molar-refractivity contribution in [1.82, 2.24) is 4.90 Å².